The topological polar surface area (TPSA) is 75.6 Å². The van der Waals surface area contributed by atoms with E-state index in [0.29, 0.717) is 37.4 Å². The number of hydrogen-bond donors (Lipinski definition) is 1. The van der Waals surface area contributed by atoms with Crippen LogP contribution >= 0.6 is 0 Å². The number of rotatable bonds is 1. The smallest absolute Gasteiger partial charge is 0.317 e. The molecule has 6 aliphatic rings. The molecule has 7 unspecified atom stereocenters. The number of aliphatic imine (C=N–C) groups is 1. The number of carbonyl (C=O) groups is 1. The van der Waals surface area contributed by atoms with E-state index in [1.54, 1.807) is 0 Å². The Bertz CT molecular complexity index is 755. The molecule has 7 atom stereocenters. The molecule has 2 saturated heterocycles. The fraction of sp³-hybridized carbons (Fsp3) is 0.923. The lowest BCUT2D eigenvalue weighted by atomic mass is 9.85. The van der Waals surface area contributed by atoms with Gasteiger partial charge in [0.05, 0.1) is 43.7 Å². The van der Waals surface area contributed by atoms with Gasteiger partial charge in [-0.1, -0.05) is 25.7 Å². The van der Waals surface area contributed by atoms with Crippen LogP contribution in [0.1, 0.15) is 70.6 Å². The standard InChI is InChI=1S/C26H42N4O4/c31-26(27-18-9-10-23-24(17-18)33-16-15-32-23)30-13-11-29(12-14-30)25-19-5-1-3-7-21(19)34-22-8-4-2-6-20(22)28-25/h18-24H,1-17H2,(H,27,31). The van der Waals surface area contributed by atoms with E-state index in [1.165, 1.54) is 50.8 Å². The Kier molecular flexibility index (Phi) is 6.99. The first-order valence-corrected chi connectivity index (χ1v) is 14.0. The highest BCUT2D eigenvalue weighted by atomic mass is 16.6. The Morgan fingerprint density at radius 1 is 0.794 bits per heavy atom. The van der Waals surface area contributed by atoms with Crippen molar-refractivity contribution in [2.45, 2.75) is 107 Å². The van der Waals surface area contributed by atoms with Gasteiger partial charge in [-0.3, -0.25) is 4.99 Å². The van der Waals surface area contributed by atoms with Gasteiger partial charge in [-0.05, 0) is 44.9 Å². The summed E-state index contributed by atoms with van der Waals surface area (Å²) in [5.74, 6) is 1.74. The highest BCUT2D eigenvalue weighted by Crippen LogP contribution is 2.37. The van der Waals surface area contributed by atoms with Crippen LogP contribution in [0.5, 0.6) is 0 Å². The summed E-state index contributed by atoms with van der Waals surface area (Å²) >= 11 is 0. The molecule has 190 valence electrons. The summed E-state index contributed by atoms with van der Waals surface area (Å²) in [7, 11) is 0. The second-order valence-electron chi connectivity index (χ2n) is 11.2. The Hall–Kier alpha value is -1.38. The van der Waals surface area contributed by atoms with Gasteiger partial charge in [0, 0.05) is 38.1 Å². The van der Waals surface area contributed by atoms with E-state index >= 15 is 0 Å². The summed E-state index contributed by atoms with van der Waals surface area (Å²) in [4.78, 5) is 22.9. The quantitative estimate of drug-likeness (QED) is 0.633. The monoisotopic (exact) mass is 474 g/mol. The Morgan fingerprint density at radius 3 is 2.38 bits per heavy atom. The lowest BCUT2D eigenvalue weighted by molar-refractivity contribution is -0.157. The molecular weight excluding hydrogens is 432 g/mol. The molecule has 34 heavy (non-hydrogen) atoms. The molecule has 3 heterocycles. The zero-order chi connectivity index (χ0) is 22.9. The molecule has 0 radical (unpaired) electrons. The predicted molar refractivity (Wildman–Crippen MR) is 129 cm³/mol. The Morgan fingerprint density at radius 2 is 1.53 bits per heavy atom. The summed E-state index contributed by atoms with van der Waals surface area (Å²) in [5.41, 5.74) is 0. The Balaban J connectivity index is 1.06. The fourth-order valence-electron chi connectivity index (χ4n) is 7.15. The van der Waals surface area contributed by atoms with E-state index in [0.717, 1.165) is 51.9 Å². The molecule has 1 N–H and O–H groups in total. The van der Waals surface area contributed by atoms with Gasteiger partial charge >= 0.3 is 6.03 Å². The fourth-order valence-corrected chi connectivity index (χ4v) is 7.15. The molecule has 3 saturated carbocycles. The first-order chi connectivity index (χ1) is 16.7. The van der Waals surface area contributed by atoms with Gasteiger partial charge in [0.25, 0.3) is 0 Å². The first kappa shape index (κ1) is 23.0. The number of nitrogens with zero attached hydrogens (tertiary/aromatic N) is 3. The average Bonchev–Trinajstić information content (AvgIpc) is 3.05. The minimum Gasteiger partial charge on any atom is -0.373 e. The van der Waals surface area contributed by atoms with Crippen LogP contribution in [-0.2, 0) is 14.2 Å². The number of carbonyl (C=O) groups excluding carboxylic acids is 1. The van der Waals surface area contributed by atoms with E-state index in [1.807, 2.05) is 4.90 Å². The number of amidine groups is 1. The molecule has 2 amide bonds. The van der Waals surface area contributed by atoms with Gasteiger partial charge in [0.15, 0.2) is 0 Å². The second-order valence-corrected chi connectivity index (χ2v) is 11.2. The highest BCUT2D eigenvalue weighted by Gasteiger charge is 2.41. The number of amides is 2. The molecule has 8 nitrogen and oxygen atoms in total. The molecular formula is C26H42N4O4. The van der Waals surface area contributed by atoms with E-state index in [4.69, 9.17) is 19.2 Å². The maximum Gasteiger partial charge on any atom is 0.317 e. The maximum absolute atomic E-state index is 13.1. The maximum atomic E-state index is 13.1. The van der Waals surface area contributed by atoms with Gasteiger partial charge < -0.3 is 29.3 Å². The van der Waals surface area contributed by atoms with Crippen molar-refractivity contribution in [1.29, 1.82) is 0 Å². The summed E-state index contributed by atoms with van der Waals surface area (Å²) in [6.07, 6.45) is 13.6. The number of urea groups is 1. The number of ether oxygens (including phenoxy) is 3. The van der Waals surface area contributed by atoms with Crippen LogP contribution in [0, 0.1) is 5.92 Å². The number of fused-ring (bicyclic) bond motifs is 3. The van der Waals surface area contributed by atoms with Gasteiger partial charge in [-0.2, -0.15) is 0 Å². The summed E-state index contributed by atoms with van der Waals surface area (Å²) in [6, 6.07) is 0.591. The zero-order valence-corrected chi connectivity index (χ0v) is 20.5. The lowest BCUT2D eigenvalue weighted by Gasteiger charge is -2.42. The van der Waals surface area contributed by atoms with Crippen LogP contribution in [0.25, 0.3) is 0 Å². The van der Waals surface area contributed by atoms with Crippen LogP contribution in [0.2, 0.25) is 0 Å². The molecule has 5 fully saturated rings. The highest BCUT2D eigenvalue weighted by molar-refractivity contribution is 5.86. The predicted octanol–water partition coefficient (Wildman–Crippen LogP) is 2.95. The lowest BCUT2D eigenvalue weighted by Crippen LogP contribution is -2.57. The van der Waals surface area contributed by atoms with Crippen molar-refractivity contribution in [3.63, 3.8) is 0 Å². The van der Waals surface area contributed by atoms with Crippen molar-refractivity contribution in [3.8, 4) is 0 Å². The molecule has 0 spiro atoms. The number of nitrogens with one attached hydrogen (secondary N) is 1. The normalized spacial score (nSPS) is 40.8. The molecule has 6 rings (SSSR count). The van der Waals surface area contributed by atoms with Crippen LogP contribution in [0.4, 0.5) is 4.79 Å². The van der Waals surface area contributed by atoms with E-state index in [-0.39, 0.29) is 24.3 Å². The van der Waals surface area contributed by atoms with Crippen molar-refractivity contribution < 1.29 is 19.0 Å². The van der Waals surface area contributed by atoms with Crippen molar-refractivity contribution in [2.75, 3.05) is 39.4 Å². The third kappa shape index (κ3) is 4.82. The molecule has 3 aliphatic heterocycles. The SMILES string of the molecule is O=C(NC1CCC2OCCOC2C1)N1CCN(C2=NC3CCCCC3OC3CCCCC23)CC1. The van der Waals surface area contributed by atoms with Crippen molar-refractivity contribution >= 4 is 11.9 Å². The van der Waals surface area contributed by atoms with Crippen molar-refractivity contribution in [3.05, 3.63) is 0 Å². The van der Waals surface area contributed by atoms with Gasteiger partial charge in [0.2, 0.25) is 0 Å². The van der Waals surface area contributed by atoms with Gasteiger partial charge in [-0.15, -0.1) is 0 Å². The van der Waals surface area contributed by atoms with Gasteiger partial charge in [0.1, 0.15) is 5.84 Å². The van der Waals surface area contributed by atoms with E-state index in [2.05, 4.69) is 10.2 Å². The molecule has 0 aromatic rings. The summed E-state index contributed by atoms with van der Waals surface area (Å²) in [5, 5.41) is 3.29. The van der Waals surface area contributed by atoms with Crippen LogP contribution in [-0.4, -0.2) is 97.6 Å². The number of piperazine rings is 1. The van der Waals surface area contributed by atoms with Gasteiger partial charge in [-0.25, -0.2) is 4.79 Å². The van der Waals surface area contributed by atoms with Crippen LogP contribution < -0.4 is 5.32 Å². The summed E-state index contributed by atoms with van der Waals surface area (Å²) < 4.78 is 18.4. The van der Waals surface area contributed by atoms with Crippen molar-refractivity contribution in [2.24, 2.45) is 10.9 Å². The zero-order valence-electron chi connectivity index (χ0n) is 20.5. The third-order valence-corrected chi connectivity index (χ3v) is 9.05. The minimum absolute atomic E-state index is 0.0776. The number of hydrogen-bond acceptors (Lipinski definition) is 6. The summed E-state index contributed by atoms with van der Waals surface area (Å²) in [6.45, 7) is 4.63. The molecule has 0 bridgehead atoms. The molecule has 0 aromatic heterocycles. The average molecular weight is 475 g/mol. The van der Waals surface area contributed by atoms with Crippen LogP contribution in [0.3, 0.4) is 0 Å². The molecule has 3 aliphatic carbocycles. The van der Waals surface area contributed by atoms with Crippen molar-refractivity contribution in [1.82, 2.24) is 15.1 Å². The second kappa shape index (κ2) is 10.3. The Labute approximate surface area is 203 Å². The third-order valence-electron chi connectivity index (χ3n) is 9.05. The van der Waals surface area contributed by atoms with Crippen LogP contribution in [0.15, 0.2) is 4.99 Å². The largest absolute Gasteiger partial charge is 0.373 e. The van der Waals surface area contributed by atoms with E-state index in [9.17, 15) is 4.79 Å². The van der Waals surface area contributed by atoms with E-state index < -0.39 is 0 Å². The molecule has 8 heteroatoms. The first-order valence-electron chi connectivity index (χ1n) is 14.0. The molecule has 0 aromatic carbocycles. The minimum atomic E-state index is 0.0776.